The predicted octanol–water partition coefficient (Wildman–Crippen LogP) is 4.52. The third kappa shape index (κ3) is 4.34. The van der Waals surface area contributed by atoms with E-state index in [0.29, 0.717) is 5.69 Å². The molecule has 0 aliphatic carbocycles. The van der Waals surface area contributed by atoms with Gasteiger partial charge in [-0.05, 0) is 36.4 Å². The average molecular weight is 439 g/mol. The molecule has 0 spiro atoms. The minimum Gasteiger partial charge on any atom is -0.369 e. The van der Waals surface area contributed by atoms with Gasteiger partial charge in [0.05, 0.1) is 10.6 Å². The summed E-state index contributed by atoms with van der Waals surface area (Å²) in [5.74, 6) is 0. The summed E-state index contributed by atoms with van der Waals surface area (Å²) < 4.78 is 65.5. The van der Waals surface area contributed by atoms with Crippen LogP contribution in [0.15, 0.2) is 47.4 Å². The molecule has 1 heterocycles. The lowest BCUT2D eigenvalue weighted by Crippen LogP contribution is -2.48. The van der Waals surface area contributed by atoms with E-state index in [1.165, 1.54) is 28.6 Å². The lowest BCUT2D eigenvalue weighted by atomic mass is 10.1. The summed E-state index contributed by atoms with van der Waals surface area (Å²) in [6.45, 7) is 0.778. The van der Waals surface area contributed by atoms with E-state index in [4.69, 9.17) is 23.2 Å². The highest BCUT2D eigenvalue weighted by atomic mass is 35.5. The largest absolute Gasteiger partial charge is 0.416 e. The van der Waals surface area contributed by atoms with Gasteiger partial charge in [0.15, 0.2) is 0 Å². The van der Waals surface area contributed by atoms with Crippen LogP contribution in [-0.4, -0.2) is 38.9 Å². The van der Waals surface area contributed by atoms with Crippen LogP contribution in [0.4, 0.5) is 18.9 Å². The molecule has 0 amide bonds. The third-order valence-electron chi connectivity index (χ3n) is 4.29. The number of hydrogen-bond acceptors (Lipinski definition) is 3. The quantitative estimate of drug-likeness (QED) is 0.706. The van der Waals surface area contributed by atoms with Crippen LogP contribution in [0.3, 0.4) is 0 Å². The molecular weight excluding hydrogens is 424 g/mol. The van der Waals surface area contributed by atoms with Crippen molar-refractivity contribution in [1.29, 1.82) is 0 Å². The lowest BCUT2D eigenvalue weighted by molar-refractivity contribution is -0.137. The van der Waals surface area contributed by atoms with Crippen LogP contribution in [0, 0.1) is 0 Å². The Bertz CT molecular complexity index is 943. The van der Waals surface area contributed by atoms with Crippen molar-refractivity contribution in [3.05, 3.63) is 58.1 Å². The molecule has 0 radical (unpaired) electrons. The minimum absolute atomic E-state index is 0.0692. The summed E-state index contributed by atoms with van der Waals surface area (Å²) in [5, 5.41) is 0.320. The maximum absolute atomic E-state index is 12.9. The lowest BCUT2D eigenvalue weighted by Gasteiger charge is -2.35. The normalized spacial score (nSPS) is 16.6. The van der Waals surface area contributed by atoms with Gasteiger partial charge < -0.3 is 4.90 Å². The Kier molecular flexibility index (Phi) is 5.63. The fourth-order valence-electron chi connectivity index (χ4n) is 2.88. The van der Waals surface area contributed by atoms with Crippen molar-refractivity contribution in [3.63, 3.8) is 0 Å². The van der Waals surface area contributed by atoms with Crippen molar-refractivity contribution >= 4 is 38.9 Å². The second kappa shape index (κ2) is 7.50. The van der Waals surface area contributed by atoms with Crippen molar-refractivity contribution in [1.82, 2.24) is 4.31 Å². The standard InChI is InChI=1S/C17H15Cl2F3N2O2S/c18-13-4-5-15(19)16(11-13)27(25,26)24-8-6-23(7-9-24)14-3-1-2-12(10-14)17(20,21)22/h1-5,10-11H,6-9H2. The zero-order chi connectivity index (χ0) is 19.8. The van der Waals surface area contributed by atoms with E-state index < -0.39 is 21.8 Å². The molecule has 1 aliphatic rings. The van der Waals surface area contributed by atoms with Crippen LogP contribution in [0.5, 0.6) is 0 Å². The topological polar surface area (TPSA) is 40.6 Å². The zero-order valence-electron chi connectivity index (χ0n) is 13.9. The Balaban J connectivity index is 1.77. The van der Waals surface area contributed by atoms with Crippen LogP contribution in [-0.2, 0) is 16.2 Å². The van der Waals surface area contributed by atoms with Crippen molar-refractivity contribution in [2.45, 2.75) is 11.1 Å². The van der Waals surface area contributed by atoms with Gasteiger partial charge in [0.2, 0.25) is 10.0 Å². The predicted molar refractivity (Wildman–Crippen MR) is 98.9 cm³/mol. The third-order valence-corrected chi connectivity index (χ3v) is 6.90. The Morgan fingerprint density at radius 2 is 1.59 bits per heavy atom. The van der Waals surface area contributed by atoms with Crippen LogP contribution in [0.2, 0.25) is 10.0 Å². The molecule has 146 valence electrons. The molecule has 0 unspecified atom stereocenters. The Hall–Kier alpha value is -1.48. The highest BCUT2D eigenvalue weighted by Crippen LogP contribution is 2.33. The Labute approximate surface area is 165 Å². The van der Waals surface area contributed by atoms with Gasteiger partial charge in [-0.25, -0.2) is 8.42 Å². The molecule has 2 aromatic rings. The first-order valence-corrected chi connectivity index (χ1v) is 10.2. The number of alkyl halides is 3. The average Bonchev–Trinajstić information content (AvgIpc) is 2.63. The van der Waals surface area contributed by atoms with Crippen LogP contribution in [0.1, 0.15) is 5.56 Å². The van der Waals surface area contributed by atoms with Gasteiger partial charge in [-0.1, -0.05) is 29.3 Å². The first-order valence-electron chi connectivity index (χ1n) is 7.96. The van der Waals surface area contributed by atoms with E-state index in [-0.39, 0.29) is 41.1 Å². The van der Waals surface area contributed by atoms with Crippen molar-refractivity contribution in [2.75, 3.05) is 31.1 Å². The summed E-state index contributed by atoms with van der Waals surface area (Å²) in [7, 11) is -3.84. The van der Waals surface area contributed by atoms with Gasteiger partial charge in [0.1, 0.15) is 4.90 Å². The molecule has 0 saturated carbocycles. The molecule has 1 aliphatic heterocycles. The maximum atomic E-state index is 12.9. The number of sulfonamides is 1. The number of anilines is 1. The number of piperazine rings is 1. The summed E-state index contributed by atoms with van der Waals surface area (Å²) in [6.07, 6.45) is -4.43. The zero-order valence-corrected chi connectivity index (χ0v) is 16.2. The van der Waals surface area contributed by atoms with E-state index in [1.807, 2.05) is 0 Å². The van der Waals surface area contributed by atoms with Gasteiger partial charge in [-0.15, -0.1) is 0 Å². The summed E-state index contributed by atoms with van der Waals surface area (Å²) >= 11 is 11.9. The second-order valence-electron chi connectivity index (χ2n) is 6.01. The Morgan fingerprint density at radius 1 is 0.926 bits per heavy atom. The van der Waals surface area contributed by atoms with Gasteiger partial charge in [-0.2, -0.15) is 17.5 Å². The fraction of sp³-hybridized carbons (Fsp3) is 0.294. The van der Waals surface area contributed by atoms with Gasteiger partial charge in [0, 0.05) is 36.9 Å². The number of halogens is 5. The molecule has 0 atom stereocenters. The molecule has 1 saturated heterocycles. The first-order chi connectivity index (χ1) is 12.6. The summed E-state index contributed by atoms with van der Waals surface area (Å²) in [4.78, 5) is 1.64. The van der Waals surface area contributed by atoms with Gasteiger partial charge in [0.25, 0.3) is 0 Å². The van der Waals surface area contributed by atoms with E-state index >= 15 is 0 Å². The number of nitrogens with zero attached hydrogens (tertiary/aromatic N) is 2. The molecule has 0 aromatic heterocycles. The summed E-state index contributed by atoms with van der Waals surface area (Å²) in [5.41, 5.74) is -0.330. The molecule has 1 fully saturated rings. The van der Waals surface area contributed by atoms with E-state index in [0.717, 1.165) is 12.1 Å². The van der Waals surface area contributed by atoms with Crippen molar-refractivity contribution in [2.24, 2.45) is 0 Å². The highest BCUT2D eigenvalue weighted by molar-refractivity contribution is 7.89. The molecule has 0 bridgehead atoms. The fourth-order valence-corrected chi connectivity index (χ4v) is 5.04. The van der Waals surface area contributed by atoms with Crippen LogP contribution < -0.4 is 4.90 Å². The van der Waals surface area contributed by atoms with E-state index in [9.17, 15) is 21.6 Å². The number of hydrogen-bond donors (Lipinski definition) is 0. The van der Waals surface area contributed by atoms with Gasteiger partial charge in [-0.3, -0.25) is 0 Å². The first kappa shape index (κ1) is 20.3. The monoisotopic (exact) mass is 438 g/mol. The van der Waals surface area contributed by atoms with E-state index in [1.54, 1.807) is 11.0 Å². The SMILES string of the molecule is O=S(=O)(c1cc(Cl)ccc1Cl)N1CCN(c2cccc(C(F)(F)F)c2)CC1. The molecule has 2 aromatic carbocycles. The Morgan fingerprint density at radius 3 is 2.22 bits per heavy atom. The van der Waals surface area contributed by atoms with Crippen molar-refractivity contribution in [3.8, 4) is 0 Å². The number of rotatable bonds is 3. The molecule has 27 heavy (non-hydrogen) atoms. The maximum Gasteiger partial charge on any atom is 0.416 e. The number of benzene rings is 2. The highest BCUT2D eigenvalue weighted by Gasteiger charge is 2.33. The van der Waals surface area contributed by atoms with Crippen molar-refractivity contribution < 1.29 is 21.6 Å². The molecule has 10 heteroatoms. The molecule has 4 nitrogen and oxygen atoms in total. The smallest absolute Gasteiger partial charge is 0.369 e. The van der Waals surface area contributed by atoms with Gasteiger partial charge >= 0.3 is 6.18 Å². The van der Waals surface area contributed by atoms with E-state index in [2.05, 4.69) is 0 Å². The second-order valence-corrected chi connectivity index (χ2v) is 8.76. The molecular formula is C17H15Cl2F3N2O2S. The van der Waals surface area contributed by atoms with Crippen LogP contribution in [0.25, 0.3) is 0 Å². The minimum atomic E-state index is -4.43. The molecule has 0 N–H and O–H groups in total. The van der Waals surface area contributed by atoms with Crippen LogP contribution >= 0.6 is 23.2 Å². The summed E-state index contributed by atoms with van der Waals surface area (Å²) in [6, 6.07) is 9.19. The molecule has 3 rings (SSSR count).